The van der Waals surface area contributed by atoms with Crippen LogP contribution in [-0.4, -0.2) is 19.1 Å². The standard InChI is InChI=1S/C16H20N2O2S/c1-3-18(11-12-7-6-10-21-12)14-9-5-8-13(15(14)17)16(19)20-4-2/h5-10H,3-4,11,17H2,1-2H3. The number of carbonyl (C=O) groups excluding carboxylic acids is 1. The van der Waals surface area contributed by atoms with Crippen LogP contribution < -0.4 is 10.6 Å². The van der Waals surface area contributed by atoms with E-state index >= 15 is 0 Å². The number of para-hydroxylation sites is 1. The van der Waals surface area contributed by atoms with Crippen LogP contribution in [0, 0.1) is 0 Å². The number of anilines is 2. The van der Waals surface area contributed by atoms with Crippen molar-refractivity contribution in [3.8, 4) is 0 Å². The van der Waals surface area contributed by atoms with Crippen LogP contribution in [-0.2, 0) is 11.3 Å². The average molecular weight is 304 g/mol. The summed E-state index contributed by atoms with van der Waals surface area (Å²) in [7, 11) is 0. The third kappa shape index (κ3) is 3.55. The molecule has 1 heterocycles. The van der Waals surface area contributed by atoms with Crippen LogP contribution in [0.1, 0.15) is 29.1 Å². The average Bonchev–Trinajstić information content (AvgIpc) is 2.98. The number of thiophene rings is 1. The lowest BCUT2D eigenvalue weighted by Gasteiger charge is -2.25. The predicted molar refractivity (Wildman–Crippen MR) is 87.9 cm³/mol. The zero-order valence-electron chi connectivity index (χ0n) is 12.3. The summed E-state index contributed by atoms with van der Waals surface area (Å²) in [6.45, 7) is 5.80. The SMILES string of the molecule is CCOC(=O)c1cccc(N(CC)Cc2cccs2)c1N. The second-order valence-corrected chi connectivity index (χ2v) is 5.58. The topological polar surface area (TPSA) is 55.6 Å². The number of benzene rings is 1. The highest BCUT2D eigenvalue weighted by molar-refractivity contribution is 7.09. The Morgan fingerprint density at radius 3 is 2.71 bits per heavy atom. The van der Waals surface area contributed by atoms with E-state index < -0.39 is 0 Å². The zero-order chi connectivity index (χ0) is 15.2. The first-order valence-corrected chi connectivity index (χ1v) is 7.88. The summed E-state index contributed by atoms with van der Waals surface area (Å²) in [6, 6.07) is 9.62. The van der Waals surface area contributed by atoms with E-state index in [0.717, 1.165) is 18.8 Å². The first-order chi connectivity index (χ1) is 10.2. The smallest absolute Gasteiger partial charge is 0.340 e. The van der Waals surface area contributed by atoms with E-state index in [4.69, 9.17) is 10.5 Å². The van der Waals surface area contributed by atoms with Crippen molar-refractivity contribution >= 4 is 28.7 Å². The van der Waals surface area contributed by atoms with Crippen molar-refractivity contribution in [2.45, 2.75) is 20.4 Å². The van der Waals surface area contributed by atoms with Gasteiger partial charge in [-0.2, -0.15) is 0 Å². The van der Waals surface area contributed by atoms with Crippen LogP contribution >= 0.6 is 11.3 Å². The molecule has 2 rings (SSSR count). The van der Waals surface area contributed by atoms with Crippen molar-refractivity contribution in [2.24, 2.45) is 0 Å². The number of ether oxygens (including phenoxy) is 1. The largest absolute Gasteiger partial charge is 0.462 e. The van der Waals surface area contributed by atoms with Gasteiger partial charge < -0.3 is 15.4 Å². The molecule has 0 aliphatic heterocycles. The minimum atomic E-state index is -0.371. The molecule has 0 unspecified atom stereocenters. The normalized spacial score (nSPS) is 10.4. The molecule has 0 radical (unpaired) electrons. The van der Waals surface area contributed by atoms with E-state index in [-0.39, 0.29) is 5.97 Å². The van der Waals surface area contributed by atoms with Crippen molar-refractivity contribution < 1.29 is 9.53 Å². The van der Waals surface area contributed by atoms with Gasteiger partial charge in [0.2, 0.25) is 0 Å². The highest BCUT2D eigenvalue weighted by Crippen LogP contribution is 2.29. The van der Waals surface area contributed by atoms with E-state index in [1.54, 1.807) is 24.3 Å². The molecule has 4 nitrogen and oxygen atoms in total. The summed E-state index contributed by atoms with van der Waals surface area (Å²) in [5.41, 5.74) is 7.96. The molecule has 0 aliphatic rings. The summed E-state index contributed by atoms with van der Waals surface area (Å²) in [4.78, 5) is 15.3. The van der Waals surface area contributed by atoms with Gasteiger partial charge >= 0.3 is 5.97 Å². The number of nitrogens with zero attached hydrogens (tertiary/aromatic N) is 1. The lowest BCUT2D eigenvalue weighted by Crippen LogP contribution is -2.23. The molecule has 1 aromatic heterocycles. The van der Waals surface area contributed by atoms with Crippen molar-refractivity contribution in [3.05, 3.63) is 46.2 Å². The Balaban J connectivity index is 2.29. The van der Waals surface area contributed by atoms with Crippen LogP contribution in [0.2, 0.25) is 0 Å². The van der Waals surface area contributed by atoms with Crippen molar-refractivity contribution in [1.29, 1.82) is 0 Å². The van der Waals surface area contributed by atoms with Crippen LogP contribution in [0.4, 0.5) is 11.4 Å². The maximum absolute atomic E-state index is 11.9. The molecule has 0 fully saturated rings. The van der Waals surface area contributed by atoms with Crippen molar-refractivity contribution in [3.63, 3.8) is 0 Å². The van der Waals surface area contributed by atoms with E-state index in [1.807, 2.05) is 18.2 Å². The Labute approximate surface area is 129 Å². The van der Waals surface area contributed by atoms with E-state index in [2.05, 4.69) is 23.3 Å². The van der Waals surface area contributed by atoms with Crippen molar-refractivity contribution in [2.75, 3.05) is 23.8 Å². The molecule has 0 saturated heterocycles. The van der Waals surface area contributed by atoms with Crippen LogP contribution in [0.25, 0.3) is 0 Å². The number of hydrogen-bond donors (Lipinski definition) is 1. The number of rotatable bonds is 6. The lowest BCUT2D eigenvalue weighted by molar-refractivity contribution is 0.0527. The van der Waals surface area contributed by atoms with Crippen LogP contribution in [0.3, 0.4) is 0 Å². The summed E-state index contributed by atoms with van der Waals surface area (Å²) < 4.78 is 5.05. The Kier molecular flexibility index (Phi) is 5.22. The fourth-order valence-electron chi connectivity index (χ4n) is 2.17. The highest BCUT2D eigenvalue weighted by atomic mass is 32.1. The van der Waals surface area contributed by atoms with Gasteiger partial charge in [0.05, 0.1) is 30.1 Å². The molecule has 21 heavy (non-hydrogen) atoms. The van der Waals surface area contributed by atoms with Gasteiger partial charge in [0.1, 0.15) is 0 Å². The molecule has 0 saturated carbocycles. The Morgan fingerprint density at radius 1 is 1.29 bits per heavy atom. The van der Waals surface area contributed by atoms with Gasteiger partial charge in [0.25, 0.3) is 0 Å². The number of esters is 1. The summed E-state index contributed by atoms with van der Waals surface area (Å²) >= 11 is 1.71. The second kappa shape index (κ2) is 7.13. The van der Waals surface area contributed by atoms with Gasteiger partial charge in [0.15, 0.2) is 0 Å². The van der Waals surface area contributed by atoms with Gasteiger partial charge in [-0.05, 0) is 37.4 Å². The number of carbonyl (C=O) groups is 1. The summed E-state index contributed by atoms with van der Waals surface area (Å²) in [6.07, 6.45) is 0. The van der Waals surface area contributed by atoms with Gasteiger partial charge in [-0.15, -0.1) is 11.3 Å². The van der Waals surface area contributed by atoms with Gasteiger partial charge in [-0.1, -0.05) is 12.1 Å². The highest BCUT2D eigenvalue weighted by Gasteiger charge is 2.17. The first kappa shape index (κ1) is 15.4. The molecule has 0 amide bonds. The Hall–Kier alpha value is -2.01. The predicted octanol–water partition coefficient (Wildman–Crippen LogP) is 3.53. The molecule has 1 aromatic carbocycles. The maximum Gasteiger partial charge on any atom is 0.340 e. The minimum Gasteiger partial charge on any atom is -0.462 e. The Morgan fingerprint density at radius 2 is 2.10 bits per heavy atom. The molecule has 2 N–H and O–H groups in total. The first-order valence-electron chi connectivity index (χ1n) is 7.00. The van der Waals surface area contributed by atoms with E-state index in [1.165, 1.54) is 4.88 Å². The van der Waals surface area contributed by atoms with Crippen LogP contribution in [0.15, 0.2) is 35.7 Å². The van der Waals surface area contributed by atoms with Crippen molar-refractivity contribution in [1.82, 2.24) is 0 Å². The molecular formula is C16H20N2O2S. The molecule has 0 spiro atoms. The number of nitrogen functional groups attached to an aromatic ring is 1. The third-order valence-electron chi connectivity index (χ3n) is 3.23. The second-order valence-electron chi connectivity index (χ2n) is 4.55. The molecule has 0 atom stereocenters. The van der Waals surface area contributed by atoms with Crippen LogP contribution in [0.5, 0.6) is 0 Å². The number of hydrogen-bond acceptors (Lipinski definition) is 5. The molecule has 0 aliphatic carbocycles. The monoisotopic (exact) mass is 304 g/mol. The number of nitrogens with two attached hydrogens (primary N) is 1. The maximum atomic E-state index is 11.9. The van der Waals surface area contributed by atoms with Gasteiger partial charge in [-0.25, -0.2) is 4.79 Å². The minimum absolute atomic E-state index is 0.342. The molecule has 5 heteroatoms. The lowest BCUT2D eigenvalue weighted by atomic mass is 10.1. The zero-order valence-corrected chi connectivity index (χ0v) is 13.2. The quantitative estimate of drug-likeness (QED) is 0.655. The molecular weight excluding hydrogens is 284 g/mol. The fourth-order valence-corrected chi connectivity index (χ4v) is 2.89. The third-order valence-corrected chi connectivity index (χ3v) is 4.09. The molecule has 0 bridgehead atoms. The Bertz CT molecular complexity index is 596. The summed E-state index contributed by atoms with van der Waals surface area (Å²) in [5, 5.41) is 2.06. The van der Waals surface area contributed by atoms with E-state index in [9.17, 15) is 4.79 Å². The van der Waals surface area contributed by atoms with Gasteiger partial charge in [0, 0.05) is 11.4 Å². The molecule has 2 aromatic rings. The van der Waals surface area contributed by atoms with Gasteiger partial charge in [-0.3, -0.25) is 0 Å². The fraction of sp³-hybridized carbons (Fsp3) is 0.312. The van der Waals surface area contributed by atoms with E-state index in [0.29, 0.717) is 17.9 Å². The molecule has 112 valence electrons. The summed E-state index contributed by atoms with van der Waals surface area (Å²) in [5.74, 6) is -0.371.